The predicted molar refractivity (Wildman–Crippen MR) is 56.7 cm³/mol. The molecule has 4 heteroatoms. The van der Waals surface area contributed by atoms with Crippen LogP contribution in [0.4, 0.5) is 0 Å². The molecule has 0 bridgehead atoms. The molecule has 0 aliphatic rings. The molecular weight excluding hydrogens is 204 g/mol. The van der Waals surface area contributed by atoms with E-state index in [1.807, 2.05) is 18.2 Å². The number of hydrogen-bond acceptors (Lipinski definition) is 4. The number of aromatic hydroxyl groups is 1. The van der Waals surface area contributed by atoms with E-state index in [9.17, 15) is 5.11 Å². The zero-order chi connectivity index (χ0) is 9.42. The van der Waals surface area contributed by atoms with E-state index in [1.165, 1.54) is 11.3 Å². The first-order chi connectivity index (χ1) is 6.24. The van der Waals surface area contributed by atoms with Crippen LogP contribution in [-0.2, 0) is 6.61 Å². The number of aliphatic hydroxyl groups excluding tert-OH is 1. The lowest BCUT2D eigenvalue weighted by molar-refractivity contribution is 0.278. The minimum absolute atomic E-state index is 0.136. The van der Waals surface area contributed by atoms with Crippen LogP contribution in [0.5, 0.6) is 5.06 Å². The Morgan fingerprint density at radius 1 is 1.38 bits per heavy atom. The van der Waals surface area contributed by atoms with Gasteiger partial charge in [-0.25, -0.2) is 0 Å². The maximum Gasteiger partial charge on any atom is 0.177 e. The van der Waals surface area contributed by atoms with Crippen molar-refractivity contribution in [2.24, 2.45) is 0 Å². The number of hydrogen-bond donors (Lipinski definition) is 3. The van der Waals surface area contributed by atoms with Crippen molar-refractivity contribution in [1.82, 2.24) is 0 Å². The van der Waals surface area contributed by atoms with Gasteiger partial charge in [0.25, 0.3) is 0 Å². The van der Waals surface area contributed by atoms with Crippen LogP contribution in [0.2, 0.25) is 0 Å². The van der Waals surface area contributed by atoms with Gasteiger partial charge in [0, 0.05) is 15.8 Å². The second-order valence-corrected chi connectivity index (χ2v) is 4.18. The molecule has 0 aliphatic heterocycles. The van der Waals surface area contributed by atoms with Gasteiger partial charge in [0.1, 0.15) is 0 Å². The third-order valence-corrected chi connectivity index (χ3v) is 3.54. The molecule has 13 heavy (non-hydrogen) atoms. The molecule has 2 rings (SSSR count). The molecule has 1 heterocycles. The van der Waals surface area contributed by atoms with E-state index in [0.717, 1.165) is 15.0 Å². The summed E-state index contributed by atoms with van der Waals surface area (Å²) >= 11 is 5.52. The normalized spacial score (nSPS) is 10.9. The van der Waals surface area contributed by atoms with Gasteiger partial charge in [-0.05, 0) is 6.07 Å². The zero-order valence-corrected chi connectivity index (χ0v) is 8.40. The lowest BCUT2D eigenvalue weighted by atomic mass is 10.2. The molecule has 2 aromatic rings. The summed E-state index contributed by atoms with van der Waals surface area (Å²) in [6, 6.07) is 5.59. The Bertz CT molecular complexity index is 448. The van der Waals surface area contributed by atoms with Crippen molar-refractivity contribution in [1.29, 1.82) is 0 Å². The molecule has 1 aromatic heterocycles. The van der Waals surface area contributed by atoms with E-state index in [1.54, 1.807) is 0 Å². The third-order valence-electron chi connectivity index (χ3n) is 1.93. The Balaban J connectivity index is 2.86. The number of benzene rings is 1. The fourth-order valence-corrected chi connectivity index (χ4v) is 2.60. The van der Waals surface area contributed by atoms with Gasteiger partial charge >= 0.3 is 0 Å². The van der Waals surface area contributed by atoms with Crippen LogP contribution in [0.25, 0.3) is 10.1 Å². The Morgan fingerprint density at radius 3 is 2.85 bits per heavy atom. The van der Waals surface area contributed by atoms with Gasteiger partial charge < -0.3 is 10.2 Å². The summed E-state index contributed by atoms with van der Waals surface area (Å²) in [4.78, 5) is 0.831. The lowest BCUT2D eigenvalue weighted by Gasteiger charge is -1.95. The van der Waals surface area contributed by atoms with Crippen LogP contribution in [0.15, 0.2) is 23.1 Å². The van der Waals surface area contributed by atoms with Crippen molar-refractivity contribution in [2.75, 3.05) is 0 Å². The maximum absolute atomic E-state index is 9.48. The van der Waals surface area contributed by atoms with Crippen molar-refractivity contribution in [2.45, 2.75) is 11.5 Å². The standard InChI is InChI=1S/C9H8O2S2/c10-4-6-5-2-1-3-7(12)8(5)13-9(6)11/h1-3,10-12H,4H2. The number of aliphatic hydroxyl groups is 1. The molecule has 0 saturated heterocycles. The minimum Gasteiger partial charge on any atom is -0.499 e. The molecule has 68 valence electrons. The van der Waals surface area contributed by atoms with Crippen LogP contribution in [-0.4, -0.2) is 10.2 Å². The molecule has 0 amide bonds. The van der Waals surface area contributed by atoms with Crippen molar-refractivity contribution < 1.29 is 10.2 Å². The topological polar surface area (TPSA) is 40.5 Å². The Hall–Kier alpha value is -0.710. The smallest absolute Gasteiger partial charge is 0.177 e. The van der Waals surface area contributed by atoms with E-state index >= 15 is 0 Å². The molecule has 2 N–H and O–H groups in total. The van der Waals surface area contributed by atoms with Crippen LogP contribution < -0.4 is 0 Å². The van der Waals surface area contributed by atoms with E-state index in [-0.39, 0.29) is 11.7 Å². The summed E-state index contributed by atoms with van der Waals surface area (Å²) in [6.45, 7) is -0.136. The highest BCUT2D eigenvalue weighted by atomic mass is 32.1. The molecule has 0 radical (unpaired) electrons. The number of thiophene rings is 1. The summed E-state index contributed by atoms with van der Waals surface area (Å²) in [5.41, 5.74) is 0.593. The monoisotopic (exact) mass is 212 g/mol. The second-order valence-electron chi connectivity index (χ2n) is 2.70. The highest BCUT2D eigenvalue weighted by molar-refractivity contribution is 7.80. The van der Waals surface area contributed by atoms with Crippen molar-refractivity contribution in [3.63, 3.8) is 0 Å². The fraction of sp³-hybridized carbons (Fsp3) is 0.111. The Morgan fingerprint density at radius 2 is 2.15 bits per heavy atom. The lowest BCUT2D eigenvalue weighted by Crippen LogP contribution is -1.79. The van der Waals surface area contributed by atoms with Gasteiger partial charge in [-0.15, -0.1) is 12.6 Å². The van der Waals surface area contributed by atoms with Gasteiger partial charge in [0.15, 0.2) is 5.06 Å². The maximum atomic E-state index is 9.48. The van der Waals surface area contributed by atoms with Crippen molar-refractivity contribution >= 4 is 34.1 Å². The molecule has 0 fully saturated rings. The quantitative estimate of drug-likeness (QED) is 0.635. The van der Waals surface area contributed by atoms with Crippen LogP contribution in [0.1, 0.15) is 5.56 Å². The van der Waals surface area contributed by atoms with Gasteiger partial charge in [-0.2, -0.15) is 0 Å². The van der Waals surface area contributed by atoms with Crippen LogP contribution in [0.3, 0.4) is 0 Å². The van der Waals surface area contributed by atoms with Gasteiger partial charge in [0.2, 0.25) is 0 Å². The summed E-state index contributed by atoms with van der Waals surface area (Å²) in [6.07, 6.45) is 0. The van der Waals surface area contributed by atoms with E-state index in [4.69, 9.17) is 5.11 Å². The second kappa shape index (κ2) is 3.21. The highest BCUT2D eigenvalue weighted by Crippen LogP contribution is 2.39. The summed E-state index contributed by atoms with van der Waals surface area (Å²) in [5.74, 6) is 0. The summed E-state index contributed by atoms with van der Waals surface area (Å²) in [5, 5.41) is 19.6. The molecule has 1 aromatic carbocycles. The molecule has 2 nitrogen and oxygen atoms in total. The first kappa shape index (κ1) is 8.87. The van der Waals surface area contributed by atoms with Crippen molar-refractivity contribution in [3.05, 3.63) is 23.8 Å². The van der Waals surface area contributed by atoms with Crippen LogP contribution >= 0.6 is 24.0 Å². The predicted octanol–water partition coefficient (Wildman–Crippen LogP) is 2.39. The molecule has 0 unspecified atom stereocenters. The van der Waals surface area contributed by atoms with E-state index < -0.39 is 0 Å². The van der Waals surface area contributed by atoms with Gasteiger partial charge in [-0.3, -0.25) is 0 Å². The minimum atomic E-state index is -0.136. The van der Waals surface area contributed by atoms with E-state index in [2.05, 4.69) is 12.6 Å². The summed E-state index contributed by atoms with van der Waals surface area (Å²) in [7, 11) is 0. The molecule has 0 spiro atoms. The Kier molecular flexibility index (Phi) is 2.19. The number of thiol groups is 1. The Labute approximate surface area is 84.9 Å². The van der Waals surface area contributed by atoms with Gasteiger partial charge in [0.05, 0.1) is 11.3 Å². The van der Waals surface area contributed by atoms with Crippen molar-refractivity contribution in [3.8, 4) is 5.06 Å². The number of rotatable bonds is 1. The average molecular weight is 212 g/mol. The van der Waals surface area contributed by atoms with Gasteiger partial charge in [-0.1, -0.05) is 23.5 Å². The molecule has 0 atom stereocenters. The first-order valence-electron chi connectivity index (χ1n) is 3.77. The summed E-state index contributed by atoms with van der Waals surface area (Å²) < 4.78 is 0.924. The average Bonchev–Trinajstić information content (AvgIpc) is 2.43. The molecular formula is C9H8O2S2. The van der Waals surface area contributed by atoms with Crippen LogP contribution in [0, 0.1) is 0 Å². The largest absolute Gasteiger partial charge is 0.499 e. The van der Waals surface area contributed by atoms with E-state index in [0.29, 0.717) is 5.56 Å². The third kappa shape index (κ3) is 1.31. The highest BCUT2D eigenvalue weighted by Gasteiger charge is 2.11. The SMILES string of the molecule is OCc1c(O)sc2c(S)cccc12. The molecule has 0 aliphatic carbocycles. The molecule has 0 saturated carbocycles. The number of fused-ring (bicyclic) bond motifs is 1. The fourth-order valence-electron chi connectivity index (χ4n) is 1.30. The first-order valence-corrected chi connectivity index (χ1v) is 5.03. The zero-order valence-electron chi connectivity index (χ0n) is 6.69.